The van der Waals surface area contributed by atoms with Crippen molar-refractivity contribution in [2.24, 2.45) is 11.8 Å². The second-order valence-corrected chi connectivity index (χ2v) is 6.42. The predicted octanol–water partition coefficient (Wildman–Crippen LogP) is 1.83. The molecule has 3 atom stereocenters. The largest absolute Gasteiger partial charge is 0.376 e. The number of nitrogens with zero attached hydrogens (tertiary/aromatic N) is 2. The minimum Gasteiger partial charge on any atom is -0.376 e. The molecule has 3 heterocycles. The average molecular weight is 305 g/mol. The Kier molecular flexibility index (Phi) is 4.84. The van der Waals surface area contributed by atoms with E-state index in [0.29, 0.717) is 17.9 Å². The zero-order valence-corrected chi connectivity index (χ0v) is 13.6. The summed E-state index contributed by atoms with van der Waals surface area (Å²) < 4.78 is 6.07. The zero-order chi connectivity index (χ0) is 15.5. The molecule has 0 radical (unpaired) electrons. The lowest BCUT2D eigenvalue weighted by molar-refractivity contribution is 0.0492. The van der Waals surface area contributed by atoms with Crippen LogP contribution in [-0.4, -0.2) is 66.1 Å². The highest BCUT2D eigenvalue weighted by molar-refractivity contribution is 5.94. The molecule has 2 fully saturated rings. The van der Waals surface area contributed by atoms with E-state index in [1.54, 1.807) is 12.4 Å². The summed E-state index contributed by atoms with van der Waals surface area (Å²) in [6.45, 7) is 10.1. The normalized spacial score (nSPS) is 28.1. The van der Waals surface area contributed by atoms with Crippen molar-refractivity contribution < 1.29 is 9.53 Å². The Hall–Kier alpha value is -1.33. The first-order chi connectivity index (χ1) is 10.7. The van der Waals surface area contributed by atoms with Crippen LogP contribution in [0.2, 0.25) is 0 Å². The molecule has 1 aromatic rings. The second-order valence-electron chi connectivity index (χ2n) is 6.42. The van der Waals surface area contributed by atoms with Crippen molar-refractivity contribution in [2.45, 2.75) is 26.4 Å². The SMILES string of the molecule is CCN(CC)C[C@@H]1OC[C@H]2CN(C(=O)c3cc[nH]c3)CC[C@H]21. The molecule has 0 unspecified atom stereocenters. The van der Waals surface area contributed by atoms with Crippen LogP contribution in [0.15, 0.2) is 18.5 Å². The number of ether oxygens (including phenoxy) is 1. The van der Waals surface area contributed by atoms with E-state index in [9.17, 15) is 4.79 Å². The number of likely N-dealkylation sites (tertiary alicyclic amines) is 1. The zero-order valence-electron chi connectivity index (χ0n) is 13.6. The van der Waals surface area contributed by atoms with Crippen LogP contribution in [0.4, 0.5) is 0 Å². The number of aromatic amines is 1. The fourth-order valence-electron chi connectivity index (χ4n) is 3.84. The van der Waals surface area contributed by atoms with Crippen LogP contribution in [0.1, 0.15) is 30.6 Å². The van der Waals surface area contributed by atoms with Crippen LogP contribution in [-0.2, 0) is 4.74 Å². The lowest BCUT2D eigenvalue weighted by Gasteiger charge is -2.36. The van der Waals surface area contributed by atoms with Gasteiger partial charge in [-0.15, -0.1) is 0 Å². The molecule has 2 aliphatic rings. The van der Waals surface area contributed by atoms with Crippen LogP contribution >= 0.6 is 0 Å². The number of hydrogen-bond donors (Lipinski definition) is 1. The number of H-pyrrole nitrogens is 1. The minimum atomic E-state index is 0.145. The van der Waals surface area contributed by atoms with Gasteiger partial charge in [0.05, 0.1) is 18.3 Å². The summed E-state index contributed by atoms with van der Waals surface area (Å²) in [5.41, 5.74) is 0.761. The van der Waals surface area contributed by atoms with Crippen molar-refractivity contribution in [2.75, 3.05) is 39.3 Å². The molecule has 5 heteroatoms. The molecule has 22 heavy (non-hydrogen) atoms. The number of nitrogens with one attached hydrogen (secondary N) is 1. The number of likely N-dealkylation sites (N-methyl/N-ethyl adjacent to an activating group) is 1. The number of piperidine rings is 1. The molecule has 1 aromatic heterocycles. The van der Waals surface area contributed by atoms with Gasteiger partial charge in [0.2, 0.25) is 0 Å². The van der Waals surface area contributed by atoms with E-state index in [1.807, 2.05) is 11.0 Å². The van der Waals surface area contributed by atoms with Crippen LogP contribution in [0.5, 0.6) is 0 Å². The Labute approximate surface area is 132 Å². The number of hydrogen-bond acceptors (Lipinski definition) is 3. The molecule has 0 bridgehead atoms. The van der Waals surface area contributed by atoms with Crippen molar-refractivity contribution in [3.63, 3.8) is 0 Å². The summed E-state index contributed by atoms with van der Waals surface area (Å²) in [5.74, 6) is 1.25. The van der Waals surface area contributed by atoms with Gasteiger partial charge in [-0.2, -0.15) is 0 Å². The third kappa shape index (κ3) is 3.06. The standard InChI is InChI=1S/C17H27N3O2/c1-3-19(4-2)11-16-15-6-8-20(10-14(15)12-22-16)17(21)13-5-7-18-9-13/h5,7,9,14-16,18H,3-4,6,8,10-12H2,1-2H3/t14-,15-,16+/m1/s1. The maximum absolute atomic E-state index is 12.5. The maximum Gasteiger partial charge on any atom is 0.255 e. The fourth-order valence-corrected chi connectivity index (χ4v) is 3.84. The smallest absolute Gasteiger partial charge is 0.255 e. The van der Waals surface area contributed by atoms with Gasteiger partial charge in [0.15, 0.2) is 0 Å². The first-order valence-corrected chi connectivity index (χ1v) is 8.49. The van der Waals surface area contributed by atoms with E-state index in [-0.39, 0.29) is 5.91 Å². The van der Waals surface area contributed by atoms with Crippen molar-refractivity contribution in [3.8, 4) is 0 Å². The molecule has 3 rings (SSSR count). The summed E-state index contributed by atoms with van der Waals surface area (Å²) >= 11 is 0. The second kappa shape index (κ2) is 6.84. The molecule has 0 saturated carbocycles. The summed E-state index contributed by atoms with van der Waals surface area (Å²) in [4.78, 5) is 19.8. The van der Waals surface area contributed by atoms with Crippen LogP contribution in [0.3, 0.4) is 0 Å². The van der Waals surface area contributed by atoms with Crippen LogP contribution in [0.25, 0.3) is 0 Å². The highest BCUT2D eigenvalue weighted by Gasteiger charge is 2.42. The molecule has 5 nitrogen and oxygen atoms in total. The van der Waals surface area contributed by atoms with E-state index in [2.05, 4.69) is 23.7 Å². The Morgan fingerprint density at radius 3 is 2.95 bits per heavy atom. The summed E-state index contributed by atoms with van der Waals surface area (Å²) in [5, 5.41) is 0. The predicted molar refractivity (Wildman–Crippen MR) is 85.8 cm³/mol. The Morgan fingerprint density at radius 2 is 2.27 bits per heavy atom. The van der Waals surface area contributed by atoms with Gasteiger partial charge in [0, 0.05) is 37.9 Å². The van der Waals surface area contributed by atoms with Crippen molar-refractivity contribution in [1.82, 2.24) is 14.8 Å². The molecule has 122 valence electrons. The quantitative estimate of drug-likeness (QED) is 0.903. The van der Waals surface area contributed by atoms with Gasteiger partial charge >= 0.3 is 0 Å². The lowest BCUT2D eigenvalue weighted by atomic mass is 9.84. The third-order valence-corrected chi connectivity index (χ3v) is 5.26. The first kappa shape index (κ1) is 15.6. The highest BCUT2D eigenvalue weighted by Crippen LogP contribution is 2.35. The maximum atomic E-state index is 12.5. The van der Waals surface area contributed by atoms with Crippen molar-refractivity contribution in [1.29, 1.82) is 0 Å². The summed E-state index contributed by atoms with van der Waals surface area (Å²) in [6, 6.07) is 1.85. The number of aromatic nitrogens is 1. The van der Waals surface area contributed by atoms with Gasteiger partial charge in [0.25, 0.3) is 5.91 Å². The number of amides is 1. The Morgan fingerprint density at radius 1 is 1.45 bits per heavy atom. The van der Waals surface area contributed by atoms with Crippen LogP contribution in [0, 0.1) is 11.8 Å². The van der Waals surface area contributed by atoms with Gasteiger partial charge in [-0.25, -0.2) is 0 Å². The number of fused-ring (bicyclic) bond motifs is 1. The molecule has 1 amide bonds. The number of carbonyl (C=O) groups is 1. The van der Waals surface area contributed by atoms with Gasteiger partial charge in [-0.05, 0) is 31.5 Å². The first-order valence-electron chi connectivity index (χ1n) is 8.49. The van der Waals surface area contributed by atoms with E-state index in [0.717, 1.165) is 51.3 Å². The molecule has 2 aliphatic heterocycles. The molecule has 1 N–H and O–H groups in total. The van der Waals surface area contributed by atoms with Gasteiger partial charge < -0.3 is 19.5 Å². The molecule has 2 saturated heterocycles. The lowest BCUT2D eigenvalue weighted by Crippen LogP contribution is -2.46. The molecular weight excluding hydrogens is 278 g/mol. The number of carbonyl (C=O) groups excluding carboxylic acids is 1. The van der Waals surface area contributed by atoms with Crippen LogP contribution < -0.4 is 0 Å². The van der Waals surface area contributed by atoms with Gasteiger partial charge in [0.1, 0.15) is 0 Å². The summed E-state index contributed by atoms with van der Waals surface area (Å²) in [7, 11) is 0. The minimum absolute atomic E-state index is 0.145. The van der Waals surface area contributed by atoms with Crippen molar-refractivity contribution >= 4 is 5.91 Å². The molecule has 0 aromatic carbocycles. The monoisotopic (exact) mass is 305 g/mol. The highest BCUT2D eigenvalue weighted by atomic mass is 16.5. The fraction of sp³-hybridized carbons (Fsp3) is 0.706. The van der Waals surface area contributed by atoms with Gasteiger partial charge in [-0.1, -0.05) is 13.8 Å². The third-order valence-electron chi connectivity index (χ3n) is 5.26. The topological polar surface area (TPSA) is 48.6 Å². The Balaban J connectivity index is 1.58. The van der Waals surface area contributed by atoms with E-state index >= 15 is 0 Å². The number of rotatable bonds is 5. The average Bonchev–Trinajstić information content (AvgIpc) is 3.21. The molecule has 0 spiro atoms. The van der Waals surface area contributed by atoms with Gasteiger partial charge in [-0.3, -0.25) is 4.79 Å². The molecular formula is C17H27N3O2. The summed E-state index contributed by atoms with van der Waals surface area (Å²) in [6.07, 6.45) is 4.99. The Bertz CT molecular complexity index is 484. The van der Waals surface area contributed by atoms with Crippen molar-refractivity contribution in [3.05, 3.63) is 24.0 Å². The molecule has 0 aliphatic carbocycles. The van der Waals surface area contributed by atoms with E-state index in [1.165, 1.54) is 0 Å². The van der Waals surface area contributed by atoms with E-state index in [4.69, 9.17) is 4.74 Å². The van der Waals surface area contributed by atoms with E-state index < -0.39 is 0 Å².